The van der Waals surface area contributed by atoms with E-state index in [0.29, 0.717) is 17.9 Å². The predicted molar refractivity (Wildman–Crippen MR) is 115 cm³/mol. The minimum Gasteiger partial charge on any atom is -0.494 e. The van der Waals surface area contributed by atoms with E-state index in [2.05, 4.69) is 18.3 Å². The van der Waals surface area contributed by atoms with E-state index in [1.165, 1.54) is 0 Å². The summed E-state index contributed by atoms with van der Waals surface area (Å²) in [7, 11) is 0. The highest BCUT2D eigenvalue weighted by molar-refractivity contribution is 7.21. The highest BCUT2D eigenvalue weighted by atomic mass is 32.1. The fraction of sp³-hybridized carbons (Fsp3) is 0.130. The molecule has 0 unspecified atom stereocenters. The predicted octanol–water partition coefficient (Wildman–Crippen LogP) is 6.00. The lowest BCUT2D eigenvalue weighted by molar-refractivity contribution is 0.102. The Balaban J connectivity index is 1.54. The first-order valence-electron chi connectivity index (χ1n) is 9.23. The molecule has 1 aromatic heterocycles. The van der Waals surface area contributed by atoms with Gasteiger partial charge in [-0.25, -0.2) is 4.98 Å². The van der Waals surface area contributed by atoms with Crippen LogP contribution in [0.4, 0.5) is 5.69 Å². The first-order valence-corrected chi connectivity index (χ1v) is 10.0. The third-order valence-corrected chi connectivity index (χ3v) is 5.32. The van der Waals surface area contributed by atoms with Gasteiger partial charge in [0.05, 0.1) is 16.8 Å². The van der Waals surface area contributed by atoms with Crippen molar-refractivity contribution in [3.63, 3.8) is 0 Å². The molecule has 0 aliphatic rings. The SMILES string of the molecule is CCCOc1cccc(C(=O)Nc2cccc(-c3nc4ccccc4s3)c2)c1. The number of amides is 1. The van der Waals surface area contributed by atoms with Crippen LogP contribution in [0.2, 0.25) is 0 Å². The van der Waals surface area contributed by atoms with E-state index in [4.69, 9.17) is 9.72 Å². The summed E-state index contributed by atoms with van der Waals surface area (Å²) in [6, 6.07) is 23.1. The molecule has 0 fully saturated rings. The molecule has 0 spiro atoms. The van der Waals surface area contributed by atoms with E-state index in [1.54, 1.807) is 23.5 Å². The van der Waals surface area contributed by atoms with Crippen LogP contribution < -0.4 is 10.1 Å². The first kappa shape index (κ1) is 18.2. The minimum atomic E-state index is -0.164. The summed E-state index contributed by atoms with van der Waals surface area (Å²) in [5.41, 5.74) is 3.28. The van der Waals surface area contributed by atoms with Gasteiger partial charge in [-0.3, -0.25) is 4.79 Å². The number of hydrogen-bond acceptors (Lipinski definition) is 4. The van der Waals surface area contributed by atoms with Crippen molar-refractivity contribution < 1.29 is 9.53 Å². The largest absolute Gasteiger partial charge is 0.494 e. The molecule has 0 bridgehead atoms. The Kier molecular flexibility index (Phi) is 5.35. The lowest BCUT2D eigenvalue weighted by Crippen LogP contribution is -2.12. The lowest BCUT2D eigenvalue weighted by atomic mass is 10.1. The third kappa shape index (κ3) is 4.05. The van der Waals surface area contributed by atoms with Gasteiger partial charge in [-0.2, -0.15) is 0 Å². The van der Waals surface area contributed by atoms with Gasteiger partial charge >= 0.3 is 0 Å². The smallest absolute Gasteiger partial charge is 0.255 e. The maximum atomic E-state index is 12.6. The summed E-state index contributed by atoms with van der Waals surface area (Å²) in [5, 5.41) is 3.91. The van der Waals surface area contributed by atoms with Crippen LogP contribution in [0.3, 0.4) is 0 Å². The maximum absolute atomic E-state index is 12.6. The van der Waals surface area contributed by atoms with E-state index in [0.717, 1.165) is 32.9 Å². The molecule has 4 nitrogen and oxygen atoms in total. The van der Waals surface area contributed by atoms with Crippen molar-refractivity contribution in [1.82, 2.24) is 4.98 Å². The Hall–Kier alpha value is -3.18. The Bertz CT molecular complexity index is 1090. The normalized spacial score (nSPS) is 10.8. The van der Waals surface area contributed by atoms with Crippen LogP contribution in [-0.4, -0.2) is 17.5 Å². The number of nitrogens with zero attached hydrogens (tertiary/aromatic N) is 1. The summed E-state index contributed by atoms with van der Waals surface area (Å²) < 4.78 is 6.76. The molecule has 28 heavy (non-hydrogen) atoms. The second-order valence-electron chi connectivity index (χ2n) is 6.40. The maximum Gasteiger partial charge on any atom is 0.255 e. The molecule has 0 saturated carbocycles. The molecule has 0 radical (unpaired) electrons. The molecule has 5 heteroatoms. The van der Waals surface area contributed by atoms with E-state index >= 15 is 0 Å². The van der Waals surface area contributed by atoms with Gasteiger partial charge in [-0.05, 0) is 48.9 Å². The molecule has 4 rings (SSSR count). The number of hydrogen-bond donors (Lipinski definition) is 1. The number of nitrogens with one attached hydrogen (secondary N) is 1. The van der Waals surface area contributed by atoms with E-state index in [9.17, 15) is 4.79 Å². The van der Waals surface area contributed by atoms with Gasteiger partial charge in [0, 0.05) is 16.8 Å². The van der Waals surface area contributed by atoms with Crippen LogP contribution in [-0.2, 0) is 0 Å². The highest BCUT2D eigenvalue weighted by Gasteiger charge is 2.10. The molecule has 0 aliphatic heterocycles. The average molecular weight is 388 g/mol. The second-order valence-corrected chi connectivity index (χ2v) is 7.43. The van der Waals surface area contributed by atoms with Crippen molar-refractivity contribution in [3.8, 4) is 16.3 Å². The monoisotopic (exact) mass is 388 g/mol. The molecule has 0 atom stereocenters. The van der Waals surface area contributed by atoms with Crippen LogP contribution in [0.5, 0.6) is 5.75 Å². The summed E-state index contributed by atoms with van der Waals surface area (Å²) in [4.78, 5) is 17.3. The molecule has 140 valence electrons. The fourth-order valence-electron chi connectivity index (χ4n) is 2.88. The van der Waals surface area contributed by atoms with Crippen molar-refractivity contribution in [2.45, 2.75) is 13.3 Å². The number of ether oxygens (including phenoxy) is 1. The van der Waals surface area contributed by atoms with Crippen molar-refractivity contribution in [1.29, 1.82) is 0 Å². The third-order valence-electron chi connectivity index (χ3n) is 4.23. The van der Waals surface area contributed by atoms with Crippen molar-refractivity contribution >= 4 is 33.1 Å². The minimum absolute atomic E-state index is 0.164. The highest BCUT2D eigenvalue weighted by Crippen LogP contribution is 2.31. The Labute approximate surface area is 167 Å². The van der Waals surface area contributed by atoms with Gasteiger partial charge < -0.3 is 10.1 Å². The quantitative estimate of drug-likeness (QED) is 0.440. The lowest BCUT2D eigenvalue weighted by Gasteiger charge is -2.09. The second kappa shape index (κ2) is 8.23. The Morgan fingerprint density at radius 3 is 2.75 bits per heavy atom. The molecular weight excluding hydrogens is 368 g/mol. The van der Waals surface area contributed by atoms with E-state index in [-0.39, 0.29) is 5.91 Å². The molecule has 3 aromatic carbocycles. The number of rotatable bonds is 6. The van der Waals surface area contributed by atoms with Crippen LogP contribution in [0.25, 0.3) is 20.8 Å². The zero-order chi connectivity index (χ0) is 19.3. The molecule has 0 aliphatic carbocycles. The van der Waals surface area contributed by atoms with Gasteiger partial charge in [-0.1, -0.05) is 37.3 Å². The first-order chi connectivity index (χ1) is 13.7. The van der Waals surface area contributed by atoms with Crippen LogP contribution in [0.15, 0.2) is 72.8 Å². The van der Waals surface area contributed by atoms with E-state index < -0.39 is 0 Å². The Morgan fingerprint density at radius 1 is 1.04 bits per heavy atom. The Morgan fingerprint density at radius 2 is 1.89 bits per heavy atom. The fourth-order valence-corrected chi connectivity index (χ4v) is 3.84. The summed E-state index contributed by atoms with van der Waals surface area (Å²) in [6.45, 7) is 2.68. The average Bonchev–Trinajstić information content (AvgIpc) is 3.17. The van der Waals surface area contributed by atoms with Gasteiger partial charge in [-0.15, -0.1) is 11.3 Å². The van der Waals surface area contributed by atoms with Gasteiger partial charge in [0.1, 0.15) is 10.8 Å². The molecule has 1 N–H and O–H groups in total. The van der Waals surface area contributed by atoms with Crippen molar-refractivity contribution in [2.75, 3.05) is 11.9 Å². The molecule has 0 saturated heterocycles. The number of benzene rings is 3. The zero-order valence-electron chi connectivity index (χ0n) is 15.5. The van der Waals surface area contributed by atoms with Crippen LogP contribution >= 0.6 is 11.3 Å². The number of carbonyl (C=O) groups excluding carboxylic acids is 1. The number of fused-ring (bicyclic) bond motifs is 1. The molecule has 4 aromatic rings. The summed E-state index contributed by atoms with van der Waals surface area (Å²) >= 11 is 1.64. The number of aromatic nitrogens is 1. The van der Waals surface area contributed by atoms with Crippen molar-refractivity contribution in [3.05, 3.63) is 78.4 Å². The summed E-state index contributed by atoms with van der Waals surface area (Å²) in [6.07, 6.45) is 0.926. The molecular formula is C23H20N2O2S. The van der Waals surface area contributed by atoms with Crippen LogP contribution in [0.1, 0.15) is 23.7 Å². The topological polar surface area (TPSA) is 51.2 Å². The number of carbonyl (C=O) groups is 1. The number of thiazole rings is 1. The zero-order valence-corrected chi connectivity index (χ0v) is 16.3. The molecule has 1 amide bonds. The number of anilines is 1. The number of para-hydroxylation sites is 1. The van der Waals surface area contributed by atoms with Crippen LogP contribution in [0, 0.1) is 0 Å². The van der Waals surface area contributed by atoms with Crippen molar-refractivity contribution in [2.24, 2.45) is 0 Å². The molecule has 1 heterocycles. The van der Waals surface area contributed by atoms with E-state index in [1.807, 2.05) is 54.6 Å². The summed E-state index contributed by atoms with van der Waals surface area (Å²) in [5.74, 6) is 0.543. The van der Waals surface area contributed by atoms with Gasteiger partial charge in [0.2, 0.25) is 0 Å². The van der Waals surface area contributed by atoms with Gasteiger partial charge in [0.25, 0.3) is 5.91 Å². The standard InChI is InChI=1S/C23H20N2O2S/c1-2-13-27-19-10-6-7-16(15-19)22(26)24-18-9-5-8-17(14-18)23-25-20-11-3-4-12-21(20)28-23/h3-12,14-15H,2,13H2,1H3,(H,24,26). The van der Waals surface area contributed by atoms with Gasteiger partial charge in [0.15, 0.2) is 0 Å².